The normalized spacial score (nSPS) is 24.5. The number of nitrogens with one attached hydrogen (secondary N) is 2. The molecule has 1 aliphatic carbocycles. The predicted octanol–water partition coefficient (Wildman–Crippen LogP) is 1.86. The zero-order valence-corrected chi connectivity index (χ0v) is 12.3. The first-order valence-electron chi connectivity index (χ1n) is 6.78. The number of furan rings is 1. The lowest BCUT2D eigenvalue weighted by atomic mass is 9.87. The number of hydrogen-bond acceptors (Lipinski definition) is 4. The maximum Gasteiger partial charge on any atom is 0.274 e. The van der Waals surface area contributed by atoms with Crippen LogP contribution in [0.15, 0.2) is 21.6 Å². The highest BCUT2D eigenvalue weighted by Crippen LogP contribution is 2.25. The highest BCUT2D eigenvalue weighted by molar-refractivity contribution is 7.89. The fourth-order valence-electron chi connectivity index (χ4n) is 2.52. The van der Waals surface area contributed by atoms with Crippen molar-refractivity contribution < 1.29 is 12.8 Å². The Morgan fingerprint density at radius 2 is 2.05 bits per heavy atom. The first kappa shape index (κ1) is 14.6. The maximum atomic E-state index is 12.2. The summed E-state index contributed by atoms with van der Waals surface area (Å²) >= 11 is 0. The second-order valence-corrected chi connectivity index (χ2v) is 6.89. The number of sulfonamides is 1. The van der Waals surface area contributed by atoms with Crippen LogP contribution in [0.4, 0.5) is 0 Å². The SMILES string of the molecule is CNCc1ccc(S(=O)(=O)NC2CCCCC2C)o1. The summed E-state index contributed by atoms with van der Waals surface area (Å²) < 4.78 is 32.6. The zero-order chi connectivity index (χ0) is 13.9. The Labute approximate surface area is 114 Å². The molecule has 5 nitrogen and oxygen atoms in total. The van der Waals surface area contributed by atoms with Crippen LogP contribution in [-0.2, 0) is 16.6 Å². The molecule has 2 unspecified atom stereocenters. The number of rotatable bonds is 5. The lowest BCUT2D eigenvalue weighted by Gasteiger charge is -2.28. The van der Waals surface area contributed by atoms with E-state index in [1.165, 1.54) is 12.5 Å². The van der Waals surface area contributed by atoms with Gasteiger partial charge in [0.05, 0.1) is 6.54 Å². The molecular formula is C13H22N2O3S. The minimum atomic E-state index is -3.53. The summed E-state index contributed by atoms with van der Waals surface area (Å²) in [5.41, 5.74) is 0. The van der Waals surface area contributed by atoms with E-state index < -0.39 is 10.0 Å². The van der Waals surface area contributed by atoms with Crippen LogP contribution < -0.4 is 10.0 Å². The zero-order valence-electron chi connectivity index (χ0n) is 11.5. The first-order valence-corrected chi connectivity index (χ1v) is 8.27. The summed E-state index contributed by atoms with van der Waals surface area (Å²) in [6.07, 6.45) is 4.26. The van der Waals surface area contributed by atoms with Crippen molar-refractivity contribution in [2.24, 2.45) is 5.92 Å². The molecule has 0 spiro atoms. The summed E-state index contributed by atoms with van der Waals surface area (Å²) in [7, 11) is -1.74. The number of hydrogen-bond donors (Lipinski definition) is 2. The second-order valence-electron chi connectivity index (χ2n) is 5.24. The van der Waals surface area contributed by atoms with Crippen LogP contribution in [0.3, 0.4) is 0 Å². The first-order chi connectivity index (χ1) is 9.03. The van der Waals surface area contributed by atoms with Crippen LogP contribution in [0.1, 0.15) is 38.4 Å². The Morgan fingerprint density at radius 3 is 2.74 bits per heavy atom. The van der Waals surface area contributed by atoms with Crippen molar-refractivity contribution in [2.75, 3.05) is 7.05 Å². The van der Waals surface area contributed by atoms with Crippen molar-refractivity contribution in [1.29, 1.82) is 0 Å². The standard InChI is InChI=1S/C13H22N2O3S/c1-10-5-3-4-6-12(10)15-19(16,17)13-8-7-11(18-13)9-14-2/h7-8,10,12,14-15H,3-6,9H2,1-2H3. The van der Waals surface area contributed by atoms with E-state index in [-0.39, 0.29) is 11.1 Å². The molecule has 0 aliphatic heterocycles. The molecule has 0 bridgehead atoms. The average molecular weight is 286 g/mol. The van der Waals surface area contributed by atoms with Gasteiger partial charge in [-0.3, -0.25) is 0 Å². The van der Waals surface area contributed by atoms with Crippen molar-refractivity contribution in [3.63, 3.8) is 0 Å². The van der Waals surface area contributed by atoms with Crippen LogP contribution >= 0.6 is 0 Å². The van der Waals surface area contributed by atoms with Gasteiger partial charge in [0, 0.05) is 6.04 Å². The van der Waals surface area contributed by atoms with E-state index in [4.69, 9.17) is 4.42 Å². The van der Waals surface area contributed by atoms with Gasteiger partial charge in [-0.1, -0.05) is 19.8 Å². The largest absolute Gasteiger partial charge is 0.447 e. The van der Waals surface area contributed by atoms with Crippen molar-refractivity contribution >= 4 is 10.0 Å². The Morgan fingerprint density at radius 1 is 1.32 bits per heavy atom. The molecule has 2 N–H and O–H groups in total. The maximum absolute atomic E-state index is 12.2. The van der Waals surface area contributed by atoms with E-state index in [1.54, 1.807) is 13.1 Å². The topological polar surface area (TPSA) is 71.3 Å². The molecule has 108 valence electrons. The van der Waals surface area contributed by atoms with Crippen molar-refractivity contribution in [3.8, 4) is 0 Å². The fourth-order valence-corrected chi connectivity index (χ4v) is 3.85. The van der Waals surface area contributed by atoms with Gasteiger partial charge in [0.15, 0.2) is 0 Å². The van der Waals surface area contributed by atoms with E-state index in [0.717, 1.165) is 19.3 Å². The van der Waals surface area contributed by atoms with Gasteiger partial charge in [-0.25, -0.2) is 13.1 Å². The molecule has 1 heterocycles. The third kappa shape index (κ3) is 3.58. The van der Waals surface area contributed by atoms with Crippen LogP contribution in [0.25, 0.3) is 0 Å². The lowest BCUT2D eigenvalue weighted by Crippen LogP contribution is -2.40. The van der Waals surface area contributed by atoms with Crippen LogP contribution in [0.5, 0.6) is 0 Å². The molecule has 1 saturated carbocycles. The lowest BCUT2D eigenvalue weighted by molar-refractivity contribution is 0.307. The third-order valence-electron chi connectivity index (χ3n) is 3.67. The third-order valence-corrected chi connectivity index (χ3v) is 5.03. The molecule has 2 atom stereocenters. The van der Waals surface area contributed by atoms with Gasteiger partial charge < -0.3 is 9.73 Å². The highest BCUT2D eigenvalue weighted by Gasteiger charge is 2.28. The van der Waals surface area contributed by atoms with Gasteiger partial charge in [-0.05, 0) is 37.9 Å². The van der Waals surface area contributed by atoms with Crippen LogP contribution in [0.2, 0.25) is 0 Å². The summed E-state index contributed by atoms with van der Waals surface area (Å²) in [5, 5.41) is 2.94. The van der Waals surface area contributed by atoms with Gasteiger partial charge in [0.25, 0.3) is 10.0 Å². The molecule has 0 amide bonds. The summed E-state index contributed by atoms with van der Waals surface area (Å²) in [5.74, 6) is 1.01. The Hall–Kier alpha value is -0.850. The van der Waals surface area contributed by atoms with Gasteiger partial charge in [0.2, 0.25) is 5.09 Å². The molecular weight excluding hydrogens is 264 g/mol. The smallest absolute Gasteiger partial charge is 0.274 e. The van der Waals surface area contributed by atoms with E-state index >= 15 is 0 Å². The highest BCUT2D eigenvalue weighted by atomic mass is 32.2. The fraction of sp³-hybridized carbons (Fsp3) is 0.692. The molecule has 1 aromatic rings. The van der Waals surface area contributed by atoms with E-state index in [9.17, 15) is 8.42 Å². The molecule has 6 heteroatoms. The molecule has 0 saturated heterocycles. The second kappa shape index (κ2) is 6.07. The van der Waals surface area contributed by atoms with Crippen molar-refractivity contribution in [2.45, 2.75) is 50.3 Å². The van der Waals surface area contributed by atoms with Gasteiger partial charge in [-0.15, -0.1) is 0 Å². The average Bonchev–Trinajstić information content (AvgIpc) is 2.82. The molecule has 1 aliphatic rings. The van der Waals surface area contributed by atoms with Crippen molar-refractivity contribution in [3.05, 3.63) is 17.9 Å². The summed E-state index contributed by atoms with van der Waals surface area (Å²) in [6.45, 7) is 2.62. The Bertz CT molecular complexity index is 510. The molecule has 1 fully saturated rings. The Kier molecular flexibility index (Phi) is 4.65. The monoisotopic (exact) mass is 286 g/mol. The molecule has 0 aromatic carbocycles. The van der Waals surface area contributed by atoms with Crippen molar-refractivity contribution in [1.82, 2.24) is 10.0 Å². The molecule has 19 heavy (non-hydrogen) atoms. The minimum Gasteiger partial charge on any atom is -0.447 e. The van der Waals surface area contributed by atoms with Gasteiger partial charge in [-0.2, -0.15) is 0 Å². The predicted molar refractivity (Wildman–Crippen MR) is 73.2 cm³/mol. The quantitative estimate of drug-likeness (QED) is 0.866. The Balaban J connectivity index is 2.08. The molecule has 2 rings (SSSR count). The van der Waals surface area contributed by atoms with Crippen LogP contribution in [-0.4, -0.2) is 21.5 Å². The van der Waals surface area contributed by atoms with Gasteiger partial charge >= 0.3 is 0 Å². The molecule has 0 radical (unpaired) electrons. The van der Waals surface area contributed by atoms with E-state index in [2.05, 4.69) is 17.0 Å². The van der Waals surface area contributed by atoms with Crippen LogP contribution in [0, 0.1) is 5.92 Å². The summed E-state index contributed by atoms with van der Waals surface area (Å²) in [6, 6.07) is 3.23. The van der Waals surface area contributed by atoms with E-state index in [0.29, 0.717) is 18.2 Å². The van der Waals surface area contributed by atoms with E-state index in [1.807, 2.05) is 0 Å². The molecule has 1 aromatic heterocycles. The minimum absolute atomic E-state index is 0.00974. The van der Waals surface area contributed by atoms with Gasteiger partial charge in [0.1, 0.15) is 5.76 Å². The summed E-state index contributed by atoms with van der Waals surface area (Å²) in [4.78, 5) is 0.